The van der Waals surface area contributed by atoms with Crippen LogP contribution < -0.4 is 0 Å². The van der Waals surface area contributed by atoms with Gasteiger partial charge in [0.25, 0.3) is 0 Å². The fourth-order valence-electron chi connectivity index (χ4n) is 1.62. The summed E-state index contributed by atoms with van der Waals surface area (Å²) in [6, 6.07) is 1.40. The van der Waals surface area contributed by atoms with E-state index in [1.165, 1.54) is 29.3 Å². The van der Waals surface area contributed by atoms with Crippen LogP contribution >= 0.6 is 0 Å². The molecule has 0 aliphatic carbocycles. The molecule has 0 aliphatic heterocycles. The number of carbonyl (C=O) groups is 1. The minimum absolute atomic E-state index is 0.0520. The number of rotatable bonds is 4. The first-order valence-electron chi connectivity index (χ1n) is 5.86. The summed E-state index contributed by atoms with van der Waals surface area (Å²) >= 11 is 0. The van der Waals surface area contributed by atoms with E-state index in [0.717, 1.165) is 0 Å². The lowest BCUT2D eigenvalue weighted by atomic mass is 10.3. The lowest BCUT2D eigenvalue weighted by Gasteiger charge is -2.02. The van der Waals surface area contributed by atoms with Gasteiger partial charge in [-0.25, -0.2) is 14.5 Å². The number of aryl methyl sites for hydroxylation is 1. The van der Waals surface area contributed by atoms with Crippen LogP contribution in [0.3, 0.4) is 0 Å². The zero-order valence-corrected chi connectivity index (χ0v) is 10.9. The van der Waals surface area contributed by atoms with Gasteiger partial charge in [0.15, 0.2) is 0 Å². The highest BCUT2D eigenvalue weighted by atomic mass is 16.6. The molecule has 0 bridgehead atoms. The minimum atomic E-state index is -0.541. The molecule has 0 radical (unpaired) electrons. The molecule has 0 saturated heterocycles. The molecule has 0 spiro atoms. The van der Waals surface area contributed by atoms with Crippen molar-refractivity contribution in [2.45, 2.75) is 13.8 Å². The molecule has 2 heterocycles. The SMILES string of the molecule is CCOC(=O)c1cnn(-c2ncc(C)cc2[N+](=O)[O-])c1. The topological polar surface area (TPSA) is 100 Å². The van der Waals surface area contributed by atoms with Gasteiger partial charge in [-0.15, -0.1) is 0 Å². The van der Waals surface area contributed by atoms with Gasteiger partial charge < -0.3 is 4.74 Å². The number of nitrogens with zero attached hydrogens (tertiary/aromatic N) is 4. The summed E-state index contributed by atoms with van der Waals surface area (Å²) in [6.07, 6.45) is 4.12. The summed E-state index contributed by atoms with van der Waals surface area (Å²) in [4.78, 5) is 26.0. The number of nitro groups is 1. The molecular weight excluding hydrogens is 264 g/mol. The normalized spacial score (nSPS) is 10.3. The first-order valence-corrected chi connectivity index (χ1v) is 5.86. The van der Waals surface area contributed by atoms with Gasteiger partial charge in [0.1, 0.15) is 0 Å². The van der Waals surface area contributed by atoms with Crippen molar-refractivity contribution in [3.05, 3.63) is 45.9 Å². The van der Waals surface area contributed by atoms with E-state index in [-0.39, 0.29) is 23.7 Å². The average molecular weight is 276 g/mol. The standard InChI is InChI=1S/C12H12N4O4/c1-3-20-12(17)9-6-14-15(7-9)11-10(16(18)19)4-8(2)5-13-11/h4-7H,3H2,1-2H3. The maximum atomic E-state index is 11.5. The minimum Gasteiger partial charge on any atom is -0.462 e. The van der Waals surface area contributed by atoms with Crippen LogP contribution in [-0.4, -0.2) is 32.3 Å². The number of hydrogen-bond acceptors (Lipinski definition) is 6. The Morgan fingerprint density at radius 3 is 2.90 bits per heavy atom. The first-order chi connectivity index (χ1) is 9.52. The van der Waals surface area contributed by atoms with Crippen molar-refractivity contribution in [1.82, 2.24) is 14.8 Å². The molecular formula is C12H12N4O4. The number of aromatic nitrogens is 3. The van der Waals surface area contributed by atoms with Crippen LogP contribution in [0, 0.1) is 17.0 Å². The zero-order valence-electron chi connectivity index (χ0n) is 10.9. The lowest BCUT2D eigenvalue weighted by molar-refractivity contribution is -0.385. The van der Waals surface area contributed by atoms with Gasteiger partial charge in [0, 0.05) is 18.5 Å². The van der Waals surface area contributed by atoms with Crippen LogP contribution in [0.5, 0.6) is 0 Å². The zero-order chi connectivity index (χ0) is 14.7. The van der Waals surface area contributed by atoms with Crippen LogP contribution in [-0.2, 0) is 4.74 Å². The van der Waals surface area contributed by atoms with Crippen LogP contribution in [0.1, 0.15) is 22.8 Å². The Balaban J connectivity index is 2.42. The van der Waals surface area contributed by atoms with Crippen LogP contribution in [0.2, 0.25) is 0 Å². The Morgan fingerprint density at radius 1 is 1.50 bits per heavy atom. The Hall–Kier alpha value is -2.77. The molecule has 8 nitrogen and oxygen atoms in total. The van der Waals surface area contributed by atoms with Crippen molar-refractivity contribution in [2.75, 3.05) is 6.61 Å². The predicted octanol–water partition coefficient (Wildman–Crippen LogP) is 1.66. The van der Waals surface area contributed by atoms with E-state index < -0.39 is 10.9 Å². The summed E-state index contributed by atoms with van der Waals surface area (Å²) in [5.74, 6) is -0.482. The highest BCUT2D eigenvalue weighted by Gasteiger charge is 2.19. The van der Waals surface area contributed by atoms with E-state index in [4.69, 9.17) is 4.74 Å². The molecule has 0 fully saturated rings. The molecule has 0 N–H and O–H groups in total. The second kappa shape index (κ2) is 5.47. The summed E-state index contributed by atoms with van der Waals surface area (Å²) in [5.41, 5.74) is 0.699. The second-order valence-electron chi connectivity index (χ2n) is 4.01. The molecule has 2 aromatic rings. The summed E-state index contributed by atoms with van der Waals surface area (Å²) in [7, 11) is 0. The molecule has 0 amide bonds. The maximum Gasteiger partial charge on any atom is 0.341 e. The summed E-state index contributed by atoms with van der Waals surface area (Å²) in [6.45, 7) is 3.64. The third kappa shape index (κ3) is 2.63. The van der Waals surface area contributed by atoms with Crippen molar-refractivity contribution in [3.8, 4) is 5.82 Å². The molecule has 20 heavy (non-hydrogen) atoms. The van der Waals surface area contributed by atoms with Gasteiger partial charge in [0.2, 0.25) is 5.82 Å². The van der Waals surface area contributed by atoms with Crippen molar-refractivity contribution in [1.29, 1.82) is 0 Å². The van der Waals surface area contributed by atoms with E-state index in [0.29, 0.717) is 5.56 Å². The van der Waals surface area contributed by atoms with Crippen molar-refractivity contribution < 1.29 is 14.5 Å². The Kier molecular flexibility index (Phi) is 3.74. The molecule has 104 valence electrons. The molecule has 0 unspecified atom stereocenters. The molecule has 0 aliphatic rings. The third-order valence-corrected chi connectivity index (χ3v) is 2.49. The van der Waals surface area contributed by atoms with Crippen molar-refractivity contribution in [3.63, 3.8) is 0 Å². The van der Waals surface area contributed by atoms with E-state index in [9.17, 15) is 14.9 Å². The van der Waals surface area contributed by atoms with Crippen LogP contribution in [0.15, 0.2) is 24.7 Å². The number of hydrogen-bond donors (Lipinski definition) is 0. The molecule has 0 saturated carbocycles. The number of esters is 1. The quantitative estimate of drug-likeness (QED) is 0.478. The summed E-state index contributed by atoms with van der Waals surface area (Å²) < 4.78 is 6.01. The maximum absolute atomic E-state index is 11.5. The van der Waals surface area contributed by atoms with Gasteiger partial charge in [0.05, 0.1) is 23.3 Å². The average Bonchev–Trinajstić information content (AvgIpc) is 2.88. The smallest absolute Gasteiger partial charge is 0.341 e. The van der Waals surface area contributed by atoms with E-state index in [2.05, 4.69) is 10.1 Å². The van der Waals surface area contributed by atoms with Gasteiger partial charge in [-0.2, -0.15) is 5.10 Å². The molecule has 2 rings (SSSR count). The van der Waals surface area contributed by atoms with E-state index in [1.807, 2.05) is 0 Å². The van der Waals surface area contributed by atoms with E-state index in [1.54, 1.807) is 13.8 Å². The first kappa shape index (κ1) is 13.7. The fourth-order valence-corrected chi connectivity index (χ4v) is 1.62. The van der Waals surface area contributed by atoms with Gasteiger partial charge in [-0.05, 0) is 19.4 Å². The van der Waals surface area contributed by atoms with Gasteiger partial charge in [-0.3, -0.25) is 10.1 Å². The van der Waals surface area contributed by atoms with Crippen molar-refractivity contribution >= 4 is 11.7 Å². The number of pyridine rings is 1. The van der Waals surface area contributed by atoms with Crippen molar-refractivity contribution in [2.24, 2.45) is 0 Å². The number of ether oxygens (including phenoxy) is 1. The van der Waals surface area contributed by atoms with Gasteiger partial charge in [-0.1, -0.05) is 0 Å². The van der Waals surface area contributed by atoms with Crippen LogP contribution in [0.25, 0.3) is 5.82 Å². The Bertz CT molecular complexity index is 665. The second-order valence-corrected chi connectivity index (χ2v) is 4.01. The lowest BCUT2D eigenvalue weighted by Crippen LogP contribution is -2.05. The van der Waals surface area contributed by atoms with Crippen LogP contribution in [0.4, 0.5) is 5.69 Å². The molecule has 8 heteroatoms. The van der Waals surface area contributed by atoms with Gasteiger partial charge >= 0.3 is 11.7 Å². The fraction of sp³-hybridized carbons (Fsp3) is 0.250. The Labute approximate surface area is 114 Å². The highest BCUT2D eigenvalue weighted by molar-refractivity contribution is 5.88. The number of carbonyl (C=O) groups excluding carboxylic acids is 1. The monoisotopic (exact) mass is 276 g/mol. The largest absolute Gasteiger partial charge is 0.462 e. The predicted molar refractivity (Wildman–Crippen MR) is 68.7 cm³/mol. The molecule has 2 aromatic heterocycles. The molecule has 0 atom stereocenters. The molecule has 0 aromatic carbocycles. The third-order valence-electron chi connectivity index (χ3n) is 2.49. The Morgan fingerprint density at radius 2 is 2.25 bits per heavy atom. The van der Waals surface area contributed by atoms with E-state index >= 15 is 0 Å². The highest BCUT2D eigenvalue weighted by Crippen LogP contribution is 2.21. The summed E-state index contributed by atoms with van der Waals surface area (Å²) in [5, 5.41) is 14.9.